The van der Waals surface area contributed by atoms with Gasteiger partial charge in [0.25, 0.3) is 5.91 Å². The van der Waals surface area contributed by atoms with Gasteiger partial charge in [-0.2, -0.15) is 0 Å². The molecule has 3 aromatic rings. The van der Waals surface area contributed by atoms with Gasteiger partial charge in [-0.15, -0.1) is 0 Å². The SMILES string of the molecule is O=C1c2ccc(-c3ccc(F)cc3)cc2OCN1c1ccc(OCCN2CCCC2)cc1. The van der Waals surface area contributed by atoms with Crippen molar-refractivity contribution < 1.29 is 18.7 Å². The molecule has 0 aromatic heterocycles. The fraction of sp³-hybridized carbons (Fsp3) is 0.269. The highest BCUT2D eigenvalue weighted by Gasteiger charge is 2.27. The third kappa shape index (κ3) is 4.32. The van der Waals surface area contributed by atoms with Crippen molar-refractivity contribution in [1.29, 1.82) is 0 Å². The number of carbonyl (C=O) groups excluding carboxylic acids is 1. The molecule has 0 radical (unpaired) electrons. The fourth-order valence-corrected chi connectivity index (χ4v) is 4.19. The molecule has 3 aromatic carbocycles. The predicted octanol–water partition coefficient (Wildman–Crippen LogP) is 4.96. The number of hydrogen-bond donors (Lipinski definition) is 0. The van der Waals surface area contributed by atoms with E-state index in [9.17, 15) is 9.18 Å². The van der Waals surface area contributed by atoms with Crippen molar-refractivity contribution in [2.45, 2.75) is 12.8 Å². The second-order valence-corrected chi connectivity index (χ2v) is 8.12. The number of nitrogens with zero attached hydrogens (tertiary/aromatic N) is 2. The molecule has 0 aliphatic carbocycles. The molecular weight excluding hydrogens is 407 g/mol. The molecule has 2 heterocycles. The molecule has 5 rings (SSSR count). The van der Waals surface area contributed by atoms with Crippen LogP contribution in [-0.4, -0.2) is 43.8 Å². The van der Waals surface area contributed by atoms with Gasteiger partial charge in [0.1, 0.15) is 23.9 Å². The summed E-state index contributed by atoms with van der Waals surface area (Å²) < 4.78 is 24.9. The Balaban J connectivity index is 1.25. The minimum atomic E-state index is -0.281. The largest absolute Gasteiger partial charge is 0.492 e. The average molecular weight is 432 g/mol. The van der Waals surface area contributed by atoms with Crippen molar-refractivity contribution in [1.82, 2.24) is 4.90 Å². The molecule has 0 saturated carbocycles. The molecular formula is C26H25FN2O3. The van der Waals surface area contributed by atoms with Crippen molar-refractivity contribution in [3.05, 3.63) is 78.1 Å². The van der Waals surface area contributed by atoms with Gasteiger partial charge in [0, 0.05) is 12.2 Å². The lowest BCUT2D eigenvalue weighted by Crippen LogP contribution is -2.38. The van der Waals surface area contributed by atoms with Gasteiger partial charge >= 0.3 is 0 Å². The summed E-state index contributed by atoms with van der Waals surface area (Å²) in [5, 5.41) is 0. The number of amides is 1. The first-order chi connectivity index (χ1) is 15.7. The molecule has 1 amide bonds. The van der Waals surface area contributed by atoms with E-state index < -0.39 is 0 Å². The van der Waals surface area contributed by atoms with Gasteiger partial charge in [0.15, 0.2) is 6.73 Å². The highest BCUT2D eigenvalue weighted by Crippen LogP contribution is 2.33. The highest BCUT2D eigenvalue weighted by molar-refractivity contribution is 6.09. The van der Waals surface area contributed by atoms with Crippen LogP contribution in [0, 0.1) is 5.82 Å². The van der Waals surface area contributed by atoms with Crippen molar-refractivity contribution in [2.75, 3.05) is 37.9 Å². The summed E-state index contributed by atoms with van der Waals surface area (Å²) in [6, 6.07) is 19.2. The van der Waals surface area contributed by atoms with Crippen molar-refractivity contribution >= 4 is 11.6 Å². The Kier molecular flexibility index (Phi) is 5.77. The molecule has 164 valence electrons. The third-order valence-electron chi connectivity index (χ3n) is 6.01. The number of anilines is 1. The summed E-state index contributed by atoms with van der Waals surface area (Å²) in [7, 11) is 0. The maximum atomic E-state index is 13.2. The normalized spacial score (nSPS) is 16.0. The van der Waals surface area contributed by atoms with Gasteiger partial charge in [-0.3, -0.25) is 14.6 Å². The Labute approximate surface area is 187 Å². The van der Waals surface area contributed by atoms with Crippen LogP contribution in [0.15, 0.2) is 66.7 Å². The van der Waals surface area contributed by atoms with Gasteiger partial charge in [0.05, 0.1) is 5.56 Å². The molecule has 0 spiro atoms. The summed E-state index contributed by atoms with van der Waals surface area (Å²) in [6.07, 6.45) is 2.55. The van der Waals surface area contributed by atoms with Crippen molar-refractivity contribution in [3.63, 3.8) is 0 Å². The standard InChI is InChI=1S/C26H25FN2O3/c27-21-6-3-19(4-7-21)20-5-12-24-25(17-20)32-18-29(26(24)30)22-8-10-23(11-9-22)31-16-15-28-13-1-2-14-28/h3-12,17H,1-2,13-16,18H2. The lowest BCUT2D eigenvalue weighted by Gasteiger charge is -2.29. The number of carbonyl (C=O) groups is 1. The minimum Gasteiger partial charge on any atom is -0.492 e. The fourth-order valence-electron chi connectivity index (χ4n) is 4.19. The second kappa shape index (κ2) is 9.01. The number of halogens is 1. The van der Waals surface area contributed by atoms with E-state index in [-0.39, 0.29) is 18.5 Å². The molecule has 1 fully saturated rings. The molecule has 32 heavy (non-hydrogen) atoms. The van der Waals surface area contributed by atoms with E-state index in [1.807, 2.05) is 36.4 Å². The Bertz CT molecular complexity index is 1090. The Morgan fingerprint density at radius 2 is 1.62 bits per heavy atom. The smallest absolute Gasteiger partial charge is 0.264 e. The molecule has 0 unspecified atom stereocenters. The Hall–Kier alpha value is -3.38. The van der Waals surface area contributed by atoms with Gasteiger partial charge in [0.2, 0.25) is 0 Å². The van der Waals surface area contributed by atoms with Crippen LogP contribution >= 0.6 is 0 Å². The van der Waals surface area contributed by atoms with E-state index in [1.54, 1.807) is 23.1 Å². The molecule has 5 nitrogen and oxygen atoms in total. The number of likely N-dealkylation sites (tertiary alicyclic amines) is 1. The maximum Gasteiger partial charge on any atom is 0.264 e. The van der Waals surface area contributed by atoms with Crippen molar-refractivity contribution in [2.24, 2.45) is 0 Å². The first-order valence-corrected chi connectivity index (χ1v) is 11.0. The number of benzene rings is 3. The zero-order valence-electron chi connectivity index (χ0n) is 17.8. The van der Waals surface area contributed by atoms with Crippen LogP contribution in [0.25, 0.3) is 11.1 Å². The molecule has 2 aliphatic heterocycles. The molecule has 6 heteroatoms. The quantitative estimate of drug-likeness (QED) is 0.552. The predicted molar refractivity (Wildman–Crippen MR) is 122 cm³/mol. The Morgan fingerprint density at radius 3 is 2.38 bits per heavy atom. The van der Waals surface area contributed by atoms with Crippen LogP contribution < -0.4 is 14.4 Å². The monoisotopic (exact) mass is 432 g/mol. The van der Waals surface area contributed by atoms with Crippen LogP contribution in [0.1, 0.15) is 23.2 Å². The van der Waals surface area contributed by atoms with Gasteiger partial charge < -0.3 is 9.47 Å². The van der Waals surface area contributed by atoms with Crippen LogP contribution in [-0.2, 0) is 0 Å². The summed E-state index contributed by atoms with van der Waals surface area (Å²) in [5.41, 5.74) is 3.01. The Morgan fingerprint density at radius 1 is 0.906 bits per heavy atom. The highest BCUT2D eigenvalue weighted by atomic mass is 19.1. The lowest BCUT2D eigenvalue weighted by molar-refractivity contribution is 0.0937. The van der Waals surface area contributed by atoms with E-state index >= 15 is 0 Å². The summed E-state index contributed by atoms with van der Waals surface area (Å²) >= 11 is 0. The van der Waals surface area contributed by atoms with Gasteiger partial charge in [-0.1, -0.05) is 18.2 Å². The maximum absolute atomic E-state index is 13.2. The minimum absolute atomic E-state index is 0.111. The summed E-state index contributed by atoms with van der Waals surface area (Å²) in [5.74, 6) is 0.939. The van der Waals surface area contributed by atoms with Gasteiger partial charge in [-0.25, -0.2) is 4.39 Å². The van der Waals surface area contributed by atoms with E-state index in [0.717, 1.165) is 42.2 Å². The van der Waals surface area contributed by atoms with Gasteiger partial charge in [-0.05, 0) is 85.6 Å². The zero-order valence-corrected chi connectivity index (χ0v) is 17.8. The molecule has 0 atom stereocenters. The topological polar surface area (TPSA) is 42.0 Å². The molecule has 1 saturated heterocycles. The van der Waals surface area contributed by atoms with Crippen LogP contribution in [0.3, 0.4) is 0 Å². The van der Waals surface area contributed by atoms with E-state index in [1.165, 1.54) is 25.0 Å². The van der Waals surface area contributed by atoms with Crippen molar-refractivity contribution in [3.8, 4) is 22.6 Å². The van der Waals surface area contributed by atoms with Crippen LogP contribution in [0.4, 0.5) is 10.1 Å². The zero-order chi connectivity index (χ0) is 21.9. The third-order valence-corrected chi connectivity index (χ3v) is 6.01. The van der Waals surface area contributed by atoms with E-state index in [0.29, 0.717) is 17.9 Å². The molecule has 2 aliphatic rings. The number of ether oxygens (including phenoxy) is 2. The van der Waals surface area contributed by atoms with E-state index in [2.05, 4.69) is 4.90 Å². The molecule has 0 bridgehead atoms. The summed E-state index contributed by atoms with van der Waals surface area (Å²) in [6.45, 7) is 4.05. The van der Waals surface area contributed by atoms with E-state index in [4.69, 9.17) is 9.47 Å². The summed E-state index contributed by atoms with van der Waals surface area (Å²) in [4.78, 5) is 17.1. The number of rotatable bonds is 6. The van der Waals surface area contributed by atoms with Crippen LogP contribution in [0.5, 0.6) is 11.5 Å². The first-order valence-electron chi connectivity index (χ1n) is 11.0. The van der Waals surface area contributed by atoms with Crippen LogP contribution in [0.2, 0.25) is 0 Å². The second-order valence-electron chi connectivity index (χ2n) is 8.12. The average Bonchev–Trinajstić information content (AvgIpc) is 3.34. The first kappa shape index (κ1) is 20.5. The number of hydrogen-bond acceptors (Lipinski definition) is 4. The number of fused-ring (bicyclic) bond motifs is 1. The molecule has 0 N–H and O–H groups in total. The lowest BCUT2D eigenvalue weighted by atomic mass is 10.0.